The number of aliphatic hydroxyl groups excluding tert-OH is 1. The van der Waals surface area contributed by atoms with Crippen molar-refractivity contribution in [1.82, 2.24) is 10.2 Å². The first kappa shape index (κ1) is 12.9. The Hall–Kier alpha value is -0.160. The molecule has 2 N–H and O–H groups in total. The molecule has 1 fully saturated rings. The highest BCUT2D eigenvalue weighted by atomic mass is 16.5. The van der Waals surface area contributed by atoms with E-state index in [9.17, 15) is 0 Å². The average molecular weight is 216 g/mol. The normalized spacial score (nSPS) is 24.4. The van der Waals surface area contributed by atoms with E-state index in [1.807, 2.05) is 0 Å². The number of hydrogen-bond donors (Lipinski definition) is 2. The molecule has 0 aliphatic carbocycles. The van der Waals surface area contributed by atoms with Crippen LogP contribution < -0.4 is 5.32 Å². The Labute approximate surface area is 92.6 Å². The van der Waals surface area contributed by atoms with E-state index in [4.69, 9.17) is 9.84 Å². The van der Waals surface area contributed by atoms with Gasteiger partial charge >= 0.3 is 0 Å². The SMILES string of the molecule is CC(C)OCCN1CCCNC(CO)C1. The van der Waals surface area contributed by atoms with Crippen LogP contribution in [0.5, 0.6) is 0 Å². The second-order valence-electron chi connectivity index (χ2n) is 4.41. The summed E-state index contributed by atoms with van der Waals surface area (Å²) in [5, 5.41) is 12.5. The van der Waals surface area contributed by atoms with Gasteiger partial charge in [0.15, 0.2) is 0 Å². The molecule has 1 atom stereocenters. The third-order valence-corrected chi connectivity index (χ3v) is 2.64. The zero-order valence-electron chi connectivity index (χ0n) is 9.91. The van der Waals surface area contributed by atoms with Crippen molar-refractivity contribution in [2.45, 2.75) is 32.4 Å². The minimum absolute atomic E-state index is 0.224. The highest BCUT2D eigenvalue weighted by Gasteiger charge is 2.16. The number of ether oxygens (including phenoxy) is 1. The summed E-state index contributed by atoms with van der Waals surface area (Å²) in [6.07, 6.45) is 1.46. The fourth-order valence-corrected chi connectivity index (χ4v) is 1.82. The smallest absolute Gasteiger partial charge is 0.0597 e. The van der Waals surface area contributed by atoms with Crippen LogP contribution in [0.15, 0.2) is 0 Å². The van der Waals surface area contributed by atoms with E-state index < -0.39 is 0 Å². The largest absolute Gasteiger partial charge is 0.395 e. The van der Waals surface area contributed by atoms with E-state index in [-0.39, 0.29) is 12.6 Å². The summed E-state index contributed by atoms with van der Waals surface area (Å²) in [4.78, 5) is 2.36. The summed E-state index contributed by atoms with van der Waals surface area (Å²) >= 11 is 0. The molecule has 1 aliphatic rings. The molecular formula is C11H24N2O2. The third kappa shape index (κ3) is 5.47. The molecule has 0 bridgehead atoms. The molecule has 4 nitrogen and oxygen atoms in total. The van der Waals surface area contributed by atoms with E-state index in [0.29, 0.717) is 6.10 Å². The van der Waals surface area contributed by atoms with Gasteiger partial charge in [-0.25, -0.2) is 0 Å². The van der Waals surface area contributed by atoms with Crippen molar-refractivity contribution in [3.05, 3.63) is 0 Å². The van der Waals surface area contributed by atoms with Gasteiger partial charge in [-0.05, 0) is 33.4 Å². The molecule has 0 radical (unpaired) electrons. The van der Waals surface area contributed by atoms with Gasteiger partial charge in [0.05, 0.1) is 19.3 Å². The van der Waals surface area contributed by atoms with Crippen LogP contribution in [0.3, 0.4) is 0 Å². The first-order valence-corrected chi connectivity index (χ1v) is 5.90. The van der Waals surface area contributed by atoms with Gasteiger partial charge in [0.25, 0.3) is 0 Å². The molecule has 0 spiro atoms. The summed E-state index contributed by atoms with van der Waals surface area (Å²) < 4.78 is 5.53. The van der Waals surface area contributed by atoms with Gasteiger partial charge in [-0.15, -0.1) is 0 Å². The van der Waals surface area contributed by atoms with Gasteiger partial charge in [-0.3, -0.25) is 4.90 Å². The van der Waals surface area contributed by atoms with Crippen molar-refractivity contribution in [3.63, 3.8) is 0 Å². The van der Waals surface area contributed by atoms with E-state index in [1.165, 1.54) is 0 Å². The summed E-state index contributed by atoms with van der Waals surface area (Å²) in [6.45, 7) is 9.13. The predicted molar refractivity (Wildman–Crippen MR) is 61.0 cm³/mol. The zero-order valence-corrected chi connectivity index (χ0v) is 9.91. The summed E-state index contributed by atoms with van der Waals surface area (Å²) in [7, 11) is 0. The van der Waals surface area contributed by atoms with Crippen molar-refractivity contribution < 1.29 is 9.84 Å². The number of nitrogens with zero attached hydrogens (tertiary/aromatic N) is 1. The Morgan fingerprint density at radius 2 is 2.33 bits per heavy atom. The third-order valence-electron chi connectivity index (χ3n) is 2.64. The standard InChI is InChI=1S/C11H24N2O2/c1-10(2)15-7-6-13-5-3-4-12-11(8-13)9-14/h10-12,14H,3-9H2,1-2H3. The quantitative estimate of drug-likeness (QED) is 0.682. The topological polar surface area (TPSA) is 44.7 Å². The molecule has 1 rings (SSSR count). The average Bonchev–Trinajstić information content (AvgIpc) is 2.42. The number of aliphatic hydroxyl groups is 1. The van der Waals surface area contributed by atoms with E-state index in [2.05, 4.69) is 24.1 Å². The van der Waals surface area contributed by atoms with Crippen LogP contribution in [0.2, 0.25) is 0 Å². The Kier molecular flexibility index (Phi) is 6.17. The first-order chi connectivity index (χ1) is 7.22. The lowest BCUT2D eigenvalue weighted by Crippen LogP contribution is -2.41. The van der Waals surface area contributed by atoms with Crippen molar-refractivity contribution in [2.24, 2.45) is 0 Å². The van der Waals surface area contributed by atoms with E-state index in [0.717, 1.165) is 39.2 Å². The fourth-order valence-electron chi connectivity index (χ4n) is 1.82. The molecule has 1 heterocycles. The van der Waals surface area contributed by atoms with Gasteiger partial charge in [0, 0.05) is 19.1 Å². The van der Waals surface area contributed by atoms with Gasteiger partial charge in [0.1, 0.15) is 0 Å². The molecule has 0 saturated carbocycles. The molecule has 90 valence electrons. The molecule has 4 heteroatoms. The highest BCUT2D eigenvalue weighted by molar-refractivity contribution is 4.75. The van der Waals surface area contributed by atoms with Gasteiger partial charge in [-0.1, -0.05) is 0 Å². The van der Waals surface area contributed by atoms with Crippen LogP contribution in [0.1, 0.15) is 20.3 Å². The van der Waals surface area contributed by atoms with Crippen molar-refractivity contribution in [3.8, 4) is 0 Å². The number of hydrogen-bond acceptors (Lipinski definition) is 4. The first-order valence-electron chi connectivity index (χ1n) is 5.90. The molecule has 0 aromatic carbocycles. The Morgan fingerprint density at radius 1 is 1.53 bits per heavy atom. The van der Waals surface area contributed by atoms with Crippen LogP contribution in [-0.4, -0.2) is 61.5 Å². The van der Waals surface area contributed by atoms with Crippen LogP contribution in [0, 0.1) is 0 Å². The summed E-state index contributed by atoms with van der Waals surface area (Å²) in [5.41, 5.74) is 0. The number of nitrogens with one attached hydrogen (secondary N) is 1. The van der Waals surface area contributed by atoms with Gasteiger partial charge < -0.3 is 15.2 Å². The zero-order chi connectivity index (χ0) is 11.1. The van der Waals surface area contributed by atoms with Gasteiger partial charge in [0.2, 0.25) is 0 Å². The molecule has 0 amide bonds. The summed E-state index contributed by atoms with van der Waals surface area (Å²) in [5.74, 6) is 0. The molecule has 0 aromatic heterocycles. The van der Waals surface area contributed by atoms with Crippen molar-refractivity contribution in [1.29, 1.82) is 0 Å². The lowest BCUT2D eigenvalue weighted by atomic mass is 10.3. The Morgan fingerprint density at radius 3 is 3.00 bits per heavy atom. The van der Waals surface area contributed by atoms with Crippen LogP contribution in [0.25, 0.3) is 0 Å². The van der Waals surface area contributed by atoms with Crippen LogP contribution in [-0.2, 0) is 4.74 Å². The Balaban J connectivity index is 2.20. The molecule has 0 aromatic rings. The minimum atomic E-state index is 0.224. The molecule has 15 heavy (non-hydrogen) atoms. The van der Waals surface area contributed by atoms with Crippen molar-refractivity contribution >= 4 is 0 Å². The van der Waals surface area contributed by atoms with Crippen molar-refractivity contribution in [2.75, 3.05) is 39.4 Å². The molecule has 1 unspecified atom stereocenters. The Bertz CT molecular complexity index is 165. The lowest BCUT2D eigenvalue weighted by Gasteiger charge is -2.23. The molecule has 1 aliphatic heterocycles. The lowest BCUT2D eigenvalue weighted by molar-refractivity contribution is 0.0572. The molecule has 1 saturated heterocycles. The number of rotatable bonds is 5. The fraction of sp³-hybridized carbons (Fsp3) is 1.00. The monoisotopic (exact) mass is 216 g/mol. The minimum Gasteiger partial charge on any atom is -0.395 e. The maximum atomic E-state index is 9.13. The highest BCUT2D eigenvalue weighted by Crippen LogP contribution is 2.00. The maximum Gasteiger partial charge on any atom is 0.0597 e. The summed E-state index contributed by atoms with van der Waals surface area (Å²) in [6, 6.07) is 0.228. The van der Waals surface area contributed by atoms with Crippen LogP contribution >= 0.6 is 0 Å². The van der Waals surface area contributed by atoms with E-state index >= 15 is 0 Å². The van der Waals surface area contributed by atoms with E-state index in [1.54, 1.807) is 0 Å². The second kappa shape index (κ2) is 7.17. The van der Waals surface area contributed by atoms with Crippen LogP contribution in [0.4, 0.5) is 0 Å². The predicted octanol–water partition coefficient (Wildman–Crippen LogP) is 0.0676. The molecular weight excluding hydrogens is 192 g/mol. The maximum absolute atomic E-state index is 9.13. The second-order valence-corrected chi connectivity index (χ2v) is 4.41. The van der Waals surface area contributed by atoms with Gasteiger partial charge in [-0.2, -0.15) is 0 Å².